The van der Waals surface area contributed by atoms with Crippen LogP contribution in [0.5, 0.6) is 11.5 Å². The van der Waals surface area contributed by atoms with E-state index in [1.54, 1.807) is 32.1 Å². The van der Waals surface area contributed by atoms with Crippen LogP contribution in [0.3, 0.4) is 0 Å². The highest BCUT2D eigenvalue weighted by molar-refractivity contribution is 6.32. The summed E-state index contributed by atoms with van der Waals surface area (Å²) in [6, 6.07) is 3.44. The van der Waals surface area contributed by atoms with Gasteiger partial charge in [-0.3, -0.25) is 0 Å². The molecule has 1 rings (SSSR count). The second kappa shape index (κ2) is 7.04. The van der Waals surface area contributed by atoms with Crippen LogP contribution in [-0.4, -0.2) is 26.8 Å². The van der Waals surface area contributed by atoms with Gasteiger partial charge in [-0.05, 0) is 37.6 Å². The van der Waals surface area contributed by atoms with Crippen LogP contribution in [0, 0.1) is 0 Å². The van der Waals surface area contributed by atoms with E-state index in [4.69, 9.17) is 25.8 Å². The van der Waals surface area contributed by atoms with Gasteiger partial charge >= 0.3 is 5.97 Å². The lowest BCUT2D eigenvalue weighted by Crippen LogP contribution is -2.04. The number of benzene rings is 1. The third-order valence-corrected chi connectivity index (χ3v) is 2.72. The van der Waals surface area contributed by atoms with Crippen LogP contribution in [0.25, 0.3) is 6.08 Å². The minimum atomic E-state index is -0.353. The minimum absolute atomic E-state index is 0.344. The summed E-state index contributed by atoms with van der Waals surface area (Å²) in [6.07, 6.45) is 1.69. The van der Waals surface area contributed by atoms with Gasteiger partial charge in [0.2, 0.25) is 0 Å². The Hall–Kier alpha value is -1.68. The van der Waals surface area contributed by atoms with Crippen molar-refractivity contribution < 1.29 is 19.0 Å². The first-order valence-electron chi connectivity index (χ1n) is 5.80. The molecule has 0 aliphatic heterocycles. The number of carbonyl (C=O) groups excluding carboxylic acids is 1. The van der Waals surface area contributed by atoms with Gasteiger partial charge in [-0.2, -0.15) is 0 Å². The summed E-state index contributed by atoms with van der Waals surface area (Å²) in [5, 5.41) is 0.421. The summed E-state index contributed by atoms with van der Waals surface area (Å²) >= 11 is 6.09. The van der Waals surface area contributed by atoms with Gasteiger partial charge < -0.3 is 14.2 Å². The zero-order valence-corrected chi connectivity index (χ0v) is 12.2. The fourth-order valence-electron chi connectivity index (χ4n) is 1.58. The van der Waals surface area contributed by atoms with Gasteiger partial charge in [-0.25, -0.2) is 4.79 Å². The van der Waals surface area contributed by atoms with E-state index in [9.17, 15) is 4.79 Å². The average Bonchev–Trinajstić information content (AvgIpc) is 2.38. The number of ether oxygens (including phenoxy) is 3. The van der Waals surface area contributed by atoms with Crippen molar-refractivity contribution in [1.82, 2.24) is 0 Å². The molecule has 0 aliphatic rings. The maximum absolute atomic E-state index is 11.5. The predicted octanol–water partition coefficient (Wildman–Crippen LogP) is 3.32. The van der Waals surface area contributed by atoms with Crippen LogP contribution in [0.1, 0.15) is 19.4 Å². The smallest absolute Gasteiger partial charge is 0.333 e. The zero-order valence-electron chi connectivity index (χ0n) is 11.5. The van der Waals surface area contributed by atoms with E-state index in [0.29, 0.717) is 28.7 Å². The third-order valence-electron chi connectivity index (χ3n) is 2.44. The Labute approximate surface area is 117 Å². The van der Waals surface area contributed by atoms with Gasteiger partial charge in [0.05, 0.1) is 25.8 Å². The molecule has 0 radical (unpaired) electrons. The number of carbonyl (C=O) groups is 1. The molecule has 1 aromatic rings. The van der Waals surface area contributed by atoms with Crippen molar-refractivity contribution in [2.45, 2.75) is 13.8 Å². The van der Waals surface area contributed by atoms with Crippen LogP contribution in [0.4, 0.5) is 0 Å². The topological polar surface area (TPSA) is 44.8 Å². The summed E-state index contributed by atoms with van der Waals surface area (Å²) in [7, 11) is 3.04. The molecule has 4 nitrogen and oxygen atoms in total. The van der Waals surface area contributed by atoms with Crippen LogP contribution in [0.15, 0.2) is 17.7 Å². The summed E-state index contributed by atoms with van der Waals surface area (Å²) in [5.74, 6) is 0.626. The Morgan fingerprint density at radius 1 is 1.32 bits per heavy atom. The highest BCUT2D eigenvalue weighted by Crippen LogP contribution is 2.36. The van der Waals surface area contributed by atoms with Crippen molar-refractivity contribution in [2.75, 3.05) is 20.8 Å². The van der Waals surface area contributed by atoms with Gasteiger partial charge in [0, 0.05) is 5.57 Å². The molecule has 1 aromatic carbocycles. The quantitative estimate of drug-likeness (QED) is 0.614. The summed E-state index contributed by atoms with van der Waals surface area (Å²) < 4.78 is 15.2. The molecule has 0 amide bonds. The van der Waals surface area contributed by atoms with Crippen molar-refractivity contribution in [3.05, 3.63) is 28.3 Å². The predicted molar refractivity (Wildman–Crippen MR) is 74.8 cm³/mol. The molecular formula is C14H17ClO4. The SMILES string of the molecule is CCOC(=O)/C(C)=C/c1cc(Cl)c(OC)c(OC)c1. The normalized spacial score (nSPS) is 11.1. The molecule has 19 heavy (non-hydrogen) atoms. The summed E-state index contributed by atoms with van der Waals surface area (Å²) in [4.78, 5) is 11.5. The van der Waals surface area contributed by atoms with Crippen molar-refractivity contribution in [3.8, 4) is 11.5 Å². The third kappa shape index (κ3) is 3.89. The van der Waals surface area contributed by atoms with E-state index in [1.165, 1.54) is 14.2 Å². The van der Waals surface area contributed by atoms with Crippen molar-refractivity contribution in [2.24, 2.45) is 0 Å². The van der Waals surface area contributed by atoms with Crippen LogP contribution >= 0.6 is 11.6 Å². The van der Waals surface area contributed by atoms with Crippen LogP contribution in [0.2, 0.25) is 5.02 Å². The number of rotatable bonds is 5. The second-order valence-electron chi connectivity index (χ2n) is 3.79. The Morgan fingerprint density at radius 2 is 2.00 bits per heavy atom. The molecule has 0 aromatic heterocycles. The molecule has 0 atom stereocenters. The lowest BCUT2D eigenvalue weighted by Gasteiger charge is -2.10. The highest BCUT2D eigenvalue weighted by atomic mass is 35.5. The Bertz CT molecular complexity index is 494. The second-order valence-corrected chi connectivity index (χ2v) is 4.19. The molecule has 0 fully saturated rings. The lowest BCUT2D eigenvalue weighted by molar-refractivity contribution is -0.138. The molecule has 0 spiro atoms. The molecule has 104 valence electrons. The molecule has 0 N–H and O–H groups in total. The van der Waals surface area contributed by atoms with E-state index >= 15 is 0 Å². The molecule has 0 saturated carbocycles. The van der Waals surface area contributed by atoms with Crippen LogP contribution < -0.4 is 9.47 Å². The monoisotopic (exact) mass is 284 g/mol. The van der Waals surface area contributed by atoms with Gasteiger partial charge in [0.15, 0.2) is 11.5 Å². The highest BCUT2D eigenvalue weighted by Gasteiger charge is 2.11. The minimum Gasteiger partial charge on any atom is -0.493 e. The first-order valence-corrected chi connectivity index (χ1v) is 6.18. The Morgan fingerprint density at radius 3 is 2.53 bits per heavy atom. The number of hydrogen-bond donors (Lipinski definition) is 0. The van der Waals surface area contributed by atoms with E-state index in [2.05, 4.69) is 0 Å². The van der Waals surface area contributed by atoms with E-state index in [0.717, 1.165) is 5.56 Å². The van der Waals surface area contributed by atoms with Gasteiger partial charge in [-0.15, -0.1) is 0 Å². The van der Waals surface area contributed by atoms with Gasteiger partial charge in [0.1, 0.15) is 0 Å². The lowest BCUT2D eigenvalue weighted by atomic mass is 10.1. The van der Waals surface area contributed by atoms with E-state index in [1.807, 2.05) is 0 Å². The van der Waals surface area contributed by atoms with Gasteiger partial charge in [0.25, 0.3) is 0 Å². The first-order chi connectivity index (χ1) is 9.03. The number of methoxy groups -OCH3 is 2. The van der Waals surface area contributed by atoms with E-state index < -0.39 is 0 Å². The van der Waals surface area contributed by atoms with E-state index in [-0.39, 0.29) is 5.97 Å². The molecule has 0 saturated heterocycles. The molecule has 0 unspecified atom stereocenters. The molecule has 0 heterocycles. The standard InChI is InChI=1S/C14H17ClO4/c1-5-19-14(16)9(2)6-10-7-11(15)13(18-4)12(8-10)17-3/h6-8H,5H2,1-4H3/b9-6+. The van der Waals surface area contributed by atoms with Gasteiger partial charge in [-0.1, -0.05) is 11.6 Å². The first kappa shape index (κ1) is 15.4. The Kier molecular flexibility index (Phi) is 5.70. The zero-order chi connectivity index (χ0) is 14.4. The fraction of sp³-hybridized carbons (Fsp3) is 0.357. The number of halogens is 1. The molecule has 5 heteroatoms. The Balaban J connectivity index is 3.12. The average molecular weight is 285 g/mol. The largest absolute Gasteiger partial charge is 0.493 e. The molecule has 0 bridgehead atoms. The summed E-state index contributed by atoms with van der Waals surface area (Å²) in [6.45, 7) is 3.79. The maximum atomic E-state index is 11.5. The number of esters is 1. The number of hydrogen-bond acceptors (Lipinski definition) is 4. The van der Waals surface area contributed by atoms with Crippen molar-refractivity contribution >= 4 is 23.6 Å². The van der Waals surface area contributed by atoms with Crippen molar-refractivity contribution in [3.63, 3.8) is 0 Å². The van der Waals surface area contributed by atoms with Crippen molar-refractivity contribution in [1.29, 1.82) is 0 Å². The summed E-state index contributed by atoms with van der Waals surface area (Å²) in [5.41, 5.74) is 1.23. The molecule has 0 aliphatic carbocycles. The molecular weight excluding hydrogens is 268 g/mol. The maximum Gasteiger partial charge on any atom is 0.333 e. The fourth-order valence-corrected chi connectivity index (χ4v) is 1.87. The van der Waals surface area contributed by atoms with Crippen LogP contribution in [-0.2, 0) is 9.53 Å².